The number of amides is 1. The highest BCUT2D eigenvalue weighted by molar-refractivity contribution is 7.99. The number of aliphatic hydroxyl groups excluding tert-OH is 3. The number of hydrogen-bond donors (Lipinski definition) is 5. The third-order valence-corrected chi connectivity index (χ3v) is 6.93. The van der Waals surface area contributed by atoms with Crippen LogP contribution in [0.15, 0.2) is 0 Å². The molecular weight excluding hydrogens is 394 g/mol. The zero-order chi connectivity index (χ0) is 21.7. The lowest BCUT2D eigenvalue weighted by Crippen LogP contribution is -2.64. The van der Waals surface area contributed by atoms with Crippen LogP contribution in [0.25, 0.3) is 0 Å². The molecule has 0 spiro atoms. The Morgan fingerprint density at radius 3 is 2.55 bits per heavy atom. The molecule has 168 valence electrons. The molecule has 29 heavy (non-hydrogen) atoms. The Morgan fingerprint density at radius 2 is 2.00 bits per heavy atom. The van der Waals surface area contributed by atoms with Crippen LogP contribution in [0.1, 0.15) is 46.5 Å². The number of nitrogens with zero attached hydrogens (tertiary/aromatic N) is 1. The number of thioether (sulfide) groups is 1. The maximum Gasteiger partial charge on any atom is 0.243 e. The molecule has 5 N–H and O–H groups in total. The molecule has 2 aliphatic rings. The van der Waals surface area contributed by atoms with Crippen molar-refractivity contribution in [1.82, 2.24) is 10.2 Å². The lowest BCUT2D eigenvalue weighted by Gasteiger charge is -2.44. The minimum atomic E-state index is -1.34. The van der Waals surface area contributed by atoms with E-state index in [2.05, 4.69) is 12.2 Å². The Balaban J connectivity index is 2.11. The van der Waals surface area contributed by atoms with Gasteiger partial charge in [0.05, 0.1) is 12.4 Å². The van der Waals surface area contributed by atoms with Crippen LogP contribution in [0.3, 0.4) is 0 Å². The largest absolute Gasteiger partial charge is 0.388 e. The summed E-state index contributed by atoms with van der Waals surface area (Å²) in [5.41, 5.74) is -0.681. The molecule has 0 aliphatic carbocycles. The zero-order valence-corrected chi connectivity index (χ0v) is 18.6. The van der Waals surface area contributed by atoms with E-state index in [0.717, 1.165) is 19.3 Å². The van der Waals surface area contributed by atoms with Gasteiger partial charge >= 0.3 is 0 Å². The number of ether oxygens (including phenoxy) is 1. The molecule has 8 unspecified atom stereocenters. The van der Waals surface area contributed by atoms with Crippen molar-refractivity contribution in [3.63, 3.8) is 0 Å². The second-order valence-corrected chi connectivity index (χ2v) is 9.48. The SMILES string of the molecule is CCCCC1CC(C(=O)NC(C(C)C)C2OC(SC)C(O)C(O)C2O)N(C=N)C1. The van der Waals surface area contributed by atoms with Crippen molar-refractivity contribution in [3.05, 3.63) is 0 Å². The molecule has 9 heteroatoms. The summed E-state index contributed by atoms with van der Waals surface area (Å²) in [5.74, 6) is 0.136. The molecule has 2 rings (SSSR count). The van der Waals surface area contributed by atoms with Gasteiger partial charge in [-0.2, -0.15) is 0 Å². The molecule has 2 aliphatic heterocycles. The second-order valence-electron chi connectivity index (χ2n) is 8.54. The van der Waals surface area contributed by atoms with Crippen molar-refractivity contribution in [2.45, 2.75) is 88.4 Å². The van der Waals surface area contributed by atoms with Gasteiger partial charge in [0.1, 0.15) is 35.9 Å². The minimum Gasteiger partial charge on any atom is -0.388 e. The Hall–Kier alpha value is -0.870. The number of unbranched alkanes of at least 4 members (excludes halogenated alkanes) is 1. The van der Waals surface area contributed by atoms with E-state index in [9.17, 15) is 20.1 Å². The van der Waals surface area contributed by atoms with E-state index < -0.39 is 41.9 Å². The van der Waals surface area contributed by atoms with E-state index in [1.54, 1.807) is 11.2 Å². The number of carbonyl (C=O) groups is 1. The summed E-state index contributed by atoms with van der Waals surface area (Å²) >= 11 is 1.25. The van der Waals surface area contributed by atoms with Gasteiger partial charge in [-0.25, -0.2) is 0 Å². The molecule has 1 amide bonds. The molecule has 8 atom stereocenters. The van der Waals surface area contributed by atoms with Crippen LogP contribution in [-0.4, -0.2) is 87.2 Å². The van der Waals surface area contributed by atoms with Crippen LogP contribution in [0.5, 0.6) is 0 Å². The normalized spacial score (nSPS) is 36.3. The first-order valence-electron chi connectivity index (χ1n) is 10.5. The van der Waals surface area contributed by atoms with Crippen LogP contribution < -0.4 is 5.32 Å². The average molecular weight is 432 g/mol. The van der Waals surface area contributed by atoms with Gasteiger partial charge in [0.15, 0.2) is 0 Å². The summed E-state index contributed by atoms with van der Waals surface area (Å²) < 4.78 is 5.87. The molecule has 0 radical (unpaired) electrons. The van der Waals surface area contributed by atoms with E-state index in [4.69, 9.17) is 10.1 Å². The fourth-order valence-corrected chi connectivity index (χ4v) is 4.99. The molecule has 0 aromatic rings. The zero-order valence-electron chi connectivity index (χ0n) is 17.8. The summed E-state index contributed by atoms with van der Waals surface area (Å²) in [6.45, 7) is 6.68. The highest BCUT2D eigenvalue weighted by Crippen LogP contribution is 2.31. The van der Waals surface area contributed by atoms with Gasteiger partial charge in [-0.05, 0) is 30.9 Å². The highest BCUT2D eigenvalue weighted by Gasteiger charge is 2.48. The first-order chi connectivity index (χ1) is 13.7. The van der Waals surface area contributed by atoms with Gasteiger partial charge < -0.3 is 30.3 Å². The number of nitrogens with one attached hydrogen (secondary N) is 2. The predicted molar refractivity (Wildman–Crippen MR) is 114 cm³/mol. The molecule has 0 saturated carbocycles. The smallest absolute Gasteiger partial charge is 0.243 e. The Kier molecular flexibility index (Phi) is 9.21. The lowest BCUT2D eigenvalue weighted by molar-refractivity contribution is -0.208. The van der Waals surface area contributed by atoms with Crippen molar-refractivity contribution in [2.24, 2.45) is 11.8 Å². The Bertz CT molecular complexity index is 550. The standard InChI is InChI=1S/C20H37N3O5S/c1-5-6-7-12-8-13(23(9-12)10-21)19(27)22-14(11(2)3)18-16(25)15(24)17(26)20(28-18)29-4/h10-18,20-21,24-26H,5-9H2,1-4H3,(H,22,27). The molecule has 8 nitrogen and oxygen atoms in total. The molecule has 2 heterocycles. The predicted octanol–water partition coefficient (Wildman–Crippen LogP) is 0.786. The van der Waals surface area contributed by atoms with Crippen LogP contribution >= 0.6 is 11.8 Å². The molecule has 0 bridgehead atoms. The Labute approximate surface area is 177 Å². The van der Waals surface area contributed by atoms with Gasteiger partial charge in [-0.3, -0.25) is 10.2 Å². The van der Waals surface area contributed by atoms with Crippen LogP contribution in [0, 0.1) is 17.2 Å². The Morgan fingerprint density at radius 1 is 1.31 bits per heavy atom. The number of aliphatic hydroxyl groups is 3. The van der Waals surface area contributed by atoms with Gasteiger partial charge in [0.25, 0.3) is 0 Å². The first kappa shape index (κ1) is 24.4. The summed E-state index contributed by atoms with van der Waals surface area (Å²) in [7, 11) is 0. The molecular formula is C20H37N3O5S. The monoisotopic (exact) mass is 431 g/mol. The summed E-state index contributed by atoms with van der Waals surface area (Å²) in [5, 5.41) is 41.5. The van der Waals surface area contributed by atoms with E-state index in [1.807, 2.05) is 13.8 Å². The van der Waals surface area contributed by atoms with E-state index in [1.165, 1.54) is 18.1 Å². The maximum atomic E-state index is 13.1. The summed E-state index contributed by atoms with van der Waals surface area (Å²) in [6.07, 6.45) is 2.28. The third kappa shape index (κ3) is 5.64. The molecule has 2 saturated heterocycles. The van der Waals surface area contributed by atoms with E-state index >= 15 is 0 Å². The summed E-state index contributed by atoms with van der Waals surface area (Å²) in [6, 6.07) is -0.945. The van der Waals surface area contributed by atoms with Crippen molar-refractivity contribution in [1.29, 1.82) is 5.41 Å². The number of likely N-dealkylation sites (tertiary alicyclic amines) is 1. The van der Waals surface area contributed by atoms with Crippen molar-refractivity contribution >= 4 is 24.0 Å². The first-order valence-corrected chi connectivity index (χ1v) is 11.8. The molecule has 2 fully saturated rings. The fourth-order valence-electron chi connectivity index (χ4n) is 4.31. The fraction of sp³-hybridized carbons (Fsp3) is 0.900. The minimum absolute atomic E-state index is 0.0609. The van der Waals surface area contributed by atoms with Crippen molar-refractivity contribution < 1.29 is 24.9 Å². The third-order valence-electron chi connectivity index (χ3n) is 6.08. The number of hydrogen-bond acceptors (Lipinski definition) is 7. The van der Waals surface area contributed by atoms with Gasteiger partial charge in [-0.15, -0.1) is 11.8 Å². The number of carbonyl (C=O) groups excluding carboxylic acids is 1. The van der Waals surface area contributed by atoms with E-state index in [-0.39, 0.29) is 11.8 Å². The molecule has 0 aromatic carbocycles. The maximum absolute atomic E-state index is 13.1. The highest BCUT2D eigenvalue weighted by atomic mass is 32.2. The number of rotatable bonds is 9. The quantitative estimate of drug-likeness (QED) is 0.270. The van der Waals surface area contributed by atoms with Crippen LogP contribution in [0.4, 0.5) is 0 Å². The summed E-state index contributed by atoms with van der Waals surface area (Å²) in [4.78, 5) is 14.9. The second kappa shape index (κ2) is 10.9. The average Bonchev–Trinajstić information content (AvgIpc) is 3.12. The molecule has 0 aromatic heterocycles. The van der Waals surface area contributed by atoms with Gasteiger partial charge in [-0.1, -0.05) is 33.6 Å². The van der Waals surface area contributed by atoms with Gasteiger partial charge in [0.2, 0.25) is 5.91 Å². The van der Waals surface area contributed by atoms with E-state index in [0.29, 0.717) is 18.9 Å². The van der Waals surface area contributed by atoms with Crippen LogP contribution in [-0.2, 0) is 9.53 Å². The van der Waals surface area contributed by atoms with Gasteiger partial charge in [0, 0.05) is 6.54 Å². The van der Waals surface area contributed by atoms with Crippen LogP contribution in [0.2, 0.25) is 0 Å². The van der Waals surface area contributed by atoms with Crippen molar-refractivity contribution in [3.8, 4) is 0 Å². The van der Waals surface area contributed by atoms with Crippen molar-refractivity contribution in [2.75, 3.05) is 12.8 Å². The lowest BCUT2D eigenvalue weighted by atomic mass is 9.88. The topological polar surface area (TPSA) is 126 Å².